The van der Waals surface area contributed by atoms with Gasteiger partial charge in [-0.3, -0.25) is 51.9 Å². The quantitative estimate of drug-likeness (QED) is 0.0231. The molecule has 137 heavy (non-hydrogen) atoms. The van der Waals surface area contributed by atoms with Crippen LogP contribution in [-0.2, 0) is 51.5 Å². The Hall–Kier alpha value is -8.97. The number of carbonyl (C=O) groups is 2. The molecule has 2 unspecified atom stereocenters. The number of halogens is 10. The molecule has 2 aromatic carbocycles. The van der Waals surface area contributed by atoms with Crippen molar-refractivity contribution in [2.45, 2.75) is 142 Å². The summed E-state index contributed by atoms with van der Waals surface area (Å²) in [5.74, 6) is -0.836. The molecule has 5 aliphatic rings. The zero-order chi connectivity index (χ0) is 100.0. The lowest BCUT2D eigenvalue weighted by Gasteiger charge is -2.24. The van der Waals surface area contributed by atoms with Crippen molar-refractivity contribution in [2.24, 2.45) is 11.8 Å². The first-order valence-corrected chi connectivity index (χ1v) is 47.6. The van der Waals surface area contributed by atoms with Crippen LogP contribution >= 0.6 is 131 Å². The minimum Gasteiger partial charge on any atom is -0.479 e. The average molecular weight is 2150 g/mol. The van der Waals surface area contributed by atoms with Crippen LogP contribution in [0, 0.1) is 11.8 Å². The zero-order valence-electron chi connectivity index (χ0n) is 71.9. The third-order valence-corrected chi connectivity index (χ3v) is 30.0. The fourth-order valence-electron chi connectivity index (χ4n) is 14.5. The Bertz CT molecular complexity index is 6600. The van der Waals surface area contributed by atoms with Gasteiger partial charge in [-0.05, 0) is 50.2 Å². The maximum Gasteiger partial charge on any atom is 0.379 e. The van der Waals surface area contributed by atoms with E-state index >= 15 is 0 Å². The van der Waals surface area contributed by atoms with Gasteiger partial charge in [-0.15, -0.1) is 0 Å². The van der Waals surface area contributed by atoms with Crippen molar-refractivity contribution in [1.82, 2.24) is 87.6 Å². The lowest BCUT2D eigenvalue weighted by molar-refractivity contribution is -0.120. The van der Waals surface area contributed by atoms with E-state index < -0.39 is 185 Å². The molecule has 10 aromatic heterocycles. The number of imidazole rings is 3. The fraction of sp³-hybridized carbons (Fsp3) is 0.461. The predicted molar refractivity (Wildman–Crippen MR) is 500 cm³/mol. The van der Waals surface area contributed by atoms with E-state index in [0.29, 0.717) is 22.3 Å². The number of alkyl halides is 10. The van der Waals surface area contributed by atoms with Crippen molar-refractivity contribution in [1.29, 1.82) is 0 Å². The number of nitrogens with zero attached hydrogens (tertiary/aromatic N) is 16. The predicted octanol–water partition coefficient (Wildman–Crippen LogP) is 5.60. The summed E-state index contributed by atoms with van der Waals surface area (Å²) in [4.78, 5) is 96.8. The normalized spacial score (nSPS) is 25.7. The number of nitrogens with two attached hydrogens (primary N) is 6. The maximum atomic E-state index is 13.7. The summed E-state index contributed by atoms with van der Waals surface area (Å²) in [5.41, 5.74) is 34.7. The summed E-state index contributed by atoms with van der Waals surface area (Å²) in [6, 6.07) is 19.9. The molecule has 5 fully saturated rings. The molecule has 0 aliphatic carbocycles. The monoisotopic (exact) mass is 2150 g/mol. The first-order chi connectivity index (χ1) is 64.5. The largest absolute Gasteiger partial charge is 0.479 e. The number of nitrogen functional groups attached to an aromatic ring is 6. The van der Waals surface area contributed by atoms with E-state index in [9.17, 15) is 69.2 Å². The van der Waals surface area contributed by atoms with Gasteiger partial charge in [-0.2, -0.15) is 39.9 Å². The molecule has 0 spiro atoms. The summed E-state index contributed by atoms with van der Waals surface area (Å²) in [5, 5.41) is 80.2. The molecule has 0 amide bonds. The highest BCUT2D eigenvalue weighted by molar-refractivity contribution is 7.54. The van der Waals surface area contributed by atoms with Crippen molar-refractivity contribution in [3.8, 4) is 23.3 Å². The number of benzene rings is 2. The zero-order valence-corrected chi connectivity index (χ0v) is 81.2. The van der Waals surface area contributed by atoms with Gasteiger partial charge in [0, 0.05) is 24.2 Å². The van der Waals surface area contributed by atoms with Crippen LogP contribution < -0.4 is 64.0 Å². The highest BCUT2D eigenvalue weighted by atomic mass is 35.5. The highest BCUT2D eigenvalue weighted by Crippen LogP contribution is 2.57. The molecule has 17 rings (SSSR count). The van der Waals surface area contributed by atoms with Crippen LogP contribution in [0.2, 0.25) is 0 Å². The summed E-state index contributed by atoms with van der Waals surface area (Å²) >= 11 is 63.0. The number of anilines is 6. The van der Waals surface area contributed by atoms with Gasteiger partial charge in [0.25, 0.3) is 11.1 Å². The maximum absolute atomic E-state index is 13.7. The van der Waals surface area contributed by atoms with Crippen molar-refractivity contribution < 1.29 is 111 Å². The van der Waals surface area contributed by atoms with Crippen molar-refractivity contribution >= 4 is 234 Å². The number of aliphatic hydroxyl groups excluding tert-OH is 8. The van der Waals surface area contributed by atoms with Gasteiger partial charge < -0.3 is 127 Å². The smallest absolute Gasteiger partial charge is 0.379 e. The number of aromatic nitrogens is 18. The second-order valence-corrected chi connectivity index (χ2v) is 42.5. The van der Waals surface area contributed by atoms with Gasteiger partial charge in [0.1, 0.15) is 95.6 Å². The van der Waals surface area contributed by atoms with Gasteiger partial charge in [0.2, 0.25) is 41.5 Å². The van der Waals surface area contributed by atoms with Crippen molar-refractivity contribution in [3.63, 3.8) is 0 Å². The molecular weight excluding hydrogens is 2070 g/mol. The number of ketones is 2. The Morgan fingerprint density at radius 1 is 0.431 bits per heavy atom. The number of hydrogen-bond acceptors (Lipinski definition) is 42. The Morgan fingerprint density at radius 2 is 0.737 bits per heavy atom. The topological polar surface area (TPSA) is 720 Å². The standard InChI is InChI=1S/C22H26Cl2N5O7P.C21H24Cl2N5O7P.C11H13Cl2N5O4.C11H13Cl2N5O3.C11H12Cl2N4O4/c1-12(13(2)30)10-37(32,36-14-7-5-4-6-8-14)34-9-15-17(31)22(23,24)20(35-15)29-11-26-16-18(29)27-21(25)28-19(16)33-3;1-11(12(2)29)9-36(32,35-13-6-4-3-5-7-13)33-8-14-16(30)21(22,23)19(34-14)28-10-25-15-17(28)26-20(24)27-18(15)31;1-21-8-5-7(16-10(14)17-8)18(3-15-5)9-11(12,13)6(20)4(2-19)22-9;12-11(13)6(20)5(3-19)21-9(11)18-2-1-4-7(14)16-10(15)17-8(4)18;12-11(13)6(19)5(3-18)21-9(11)17-2-1-4-7(17)15-10(14)16-8(4)20/h4-8,11-12,15,17,20,31H,9-10H2,1-3H3,(H2,25,27,28);3-7,10-11,14,16,19,30H,8-9H2,1-2H3,(H3,24,26,27,31);3-4,6,9,19-20H,2H2,1H3,(H2,14,16,17);1-2,5-6,9,19-20H,3H2,(H4,14,15,16,17);1-2,5-6,9,18-19H,3H2,(H3,14,15,16,20)/t12-,15-,17+,20-,37?;11-,14-,16+,19-,36?;4-,6+,9-;2*5-,6+,9-/m11111/s1. The minimum atomic E-state index is -3.90. The van der Waals surface area contributed by atoms with Crippen LogP contribution in [0.25, 0.3) is 55.6 Å². The molecule has 5 saturated heterocycles. The number of rotatable bonds is 26. The Kier molecular flexibility index (Phi) is 32.3. The fourth-order valence-corrected chi connectivity index (χ4v) is 21.4. The molecule has 742 valence electrons. The lowest BCUT2D eigenvalue weighted by Crippen LogP contribution is -2.38. The van der Waals surface area contributed by atoms with Gasteiger partial charge >= 0.3 is 15.2 Å². The van der Waals surface area contributed by atoms with Crippen LogP contribution in [0.15, 0.2) is 114 Å². The molecule has 0 radical (unpaired) electrons. The molecule has 15 heterocycles. The molecule has 5 aliphatic heterocycles. The van der Waals surface area contributed by atoms with Crippen LogP contribution in [0.4, 0.5) is 35.6 Å². The molecule has 19 atom stereocenters. The molecule has 22 N–H and O–H groups in total. The number of aliphatic hydroxyl groups is 8. The summed E-state index contributed by atoms with van der Waals surface area (Å²) < 4.78 is 86.7. The number of Topliss-reactive ketones (excluding diaryl/α,β-unsaturated/α-hetero) is 2. The number of methoxy groups -OCH3 is 2. The van der Waals surface area contributed by atoms with Gasteiger partial charge in [0.05, 0.1) is 89.3 Å². The van der Waals surface area contributed by atoms with E-state index in [1.807, 2.05) is 0 Å². The van der Waals surface area contributed by atoms with Crippen LogP contribution in [0.5, 0.6) is 23.3 Å². The Labute approximate surface area is 822 Å². The Morgan fingerprint density at radius 3 is 1.09 bits per heavy atom. The number of fused-ring (bicyclic) bond motifs is 5. The first-order valence-electron chi connectivity index (χ1n) is 40.4. The van der Waals surface area contributed by atoms with E-state index in [1.165, 1.54) is 82.1 Å². The van der Waals surface area contributed by atoms with Gasteiger partial charge in [-0.1, -0.05) is 166 Å². The lowest BCUT2D eigenvalue weighted by atomic mass is 10.1. The van der Waals surface area contributed by atoms with E-state index in [4.69, 9.17) is 202 Å². The van der Waals surface area contributed by atoms with Crippen LogP contribution in [0.3, 0.4) is 0 Å². The molecular formula is C76H88Cl10N24O25P2. The van der Waals surface area contributed by atoms with Crippen LogP contribution in [0.1, 0.15) is 58.8 Å². The van der Waals surface area contributed by atoms with E-state index in [2.05, 4.69) is 64.8 Å². The third-order valence-electron chi connectivity index (χ3n) is 21.8. The third kappa shape index (κ3) is 21.8. The highest BCUT2D eigenvalue weighted by Gasteiger charge is 2.61. The van der Waals surface area contributed by atoms with Crippen LogP contribution in [-0.4, -0.2) is 282 Å². The van der Waals surface area contributed by atoms with Crippen molar-refractivity contribution in [3.05, 3.63) is 125 Å². The number of para-hydroxylation sites is 2. The Balaban J connectivity index is 0.000000148. The number of carbonyl (C=O) groups excluding carboxylic acids is 2. The van der Waals surface area contributed by atoms with Gasteiger partial charge in [0.15, 0.2) is 91.9 Å². The molecule has 0 saturated carbocycles. The second-order valence-electron chi connectivity index (χ2n) is 31.2. The number of hydrogen-bond donors (Lipinski definition) is 16. The molecule has 0 bridgehead atoms. The molecule has 61 heteroatoms. The summed E-state index contributed by atoms with van der Waals surface area (Å²) in [7, 11) is -4.95. The van der Waals surface area contributed by atoms with Gasteiger partial charge in [-0.25, -0.2) is 24.1 Å². The number of aromatic amines is 2. The minimum absolute atomic E-state index is 0.00746. The van der Waals surface area contributed by atoms with E-state index in [1.54, 1.807) is 86.8 Å². The van der Waals surface area contributed by atoms with E-state index in [0.717, 1.165) is 0 Å². The van der Waals surface area contributed by atoms with E-state index in [-0.39, 0.29) is 116 Å². The number of ether oxygens (including phenoxy) is 7. The number of H-pyrrole nitrogens is 2. The SMILES string of the molecule is CC(=O)[C@H](C)CP(=O)(OC[C@H]1O[C@@H](n2cnc3c(=O)[nH]c(N)nc32)C(Cl)(Cl)[C@H]1O)Oc1ccccc1.COc1nc(N)nc2c1ncn2[C@@H]1O[C@H](CO)[C@H](O)C1(Cl)Cl.COc1nc(N)nc2c1ncn2[C@@H]1O[C@H](COP(=O)(C[C@@H](C)C(C)=O)Oc2ccccc2)[C@H](O)C1(Cl)Cl.Nc1nc(N)c2ccn([C@@H]3O[C@H](CO)[C@H](O)C3(Cl)Cl)c2n1.Nc1nc2c(ccn2[C@@H]2O[C@H](CO)[C@H](O)C2(Cl)Cl)c(=O)[nH]1. The molecule has 49 nitrogen and oxygen atoms in total. The summed E-state index contributed by atoms with van der Waals surface area (Å²) in [6.45, 7) is 3.86. The average Bonchev–Trinajstić information content (AvgIpc) is 1.61. The summed E-state index contributed by atoms with van der Waals surface area (Å²) in [6.07, 6.45) is -10.7. The molecule has 12 aromatic rings. The second kappa shape index (κ2) is 42.1. The van der Waals surface area contributed by atoms with Crippen molar-refractivity contribution in [2.75, 3.05) is 94.0 Å². The number of nitrogens with one attached hydrogen (secondary N) is 2. The first kappa shape index (κ1) is 105.